The third-order valence-electron chi connectivity index (χ3n) is 3.07. The highest BCUT2D eigenvalue weighted by molar-refractivity contribution is 5.85. The Morgan fingerprint density at radius 2 is 1.42 bits per heavy atom. The summed E-state index contributed by atoms with van der Waals surface area (Å²) in [6.45, 7) is 2.11. The molecule has 2 aromatic rings. The van der Waals surface area contributed by atoms with Crippen LogP contribution in [0.4, 0.5) is 0 Å². The number of benzene rings is 2. The van der Waals surface area contributed by atoms with E-state index >= 15 is 0 Å². The van der Waals surface area contributed by atoms with E-state index in [1.54, 1.807) is 0 Å². The number of hydrogen-bond acceptors (Lipinski definition) is 2. The summed E-state index contributed by atoms with van der Waals surface area (Å²) in [6, 6.07) is 16.7. The molecule has 3 N–H and O–H groups in total. The van der Waals surface area contributed by atoms with Crippen LogP contribution in [0, 0.1) is 6.92 Å². The normalized spacial score (nSPS) is 11.7. The first-order valence-electron chi connectivity index (χ1n) is 6.21. The zero-order valence-electron chi connectivity index (χ0n) is 11.0. The van der Waals surface area contributed by atoms with Crippen molar-refractivity contribution in [3.05, 3.63) is 59.7 Å². The lowest BCUT2D eigenvalue weighted by molar-refractivity contribution is 0.265. The molecule has 1 atom stereocenters. The zero-order valence-corrected chi connectivity index (χ0v) is 11.9. The van der Waals surface area contributed by atoms with Gasteiger partial charge in [-0.25, -0.2) is 0 Å². The van der Waals surface area contributed by atoms with Crippen LogP contribution in [0.5, 0.6) is 0 Å². The fraction of sp³-hybridized carbons (Fsp3) is 0.250. The van der Waals surface area contributed by atoms with Gasteiger partial charge in [0.1, 0.15) is 0 Å². The fourth-order valence-corrected chi connectivity index (χ4v) is 1.95. The second-order valence-electron chi connectivity index (χ2n) is 4.71. The van der Waals surface area contributed by atoms with Gasteiger partial charge in [-0.3, -0.25) is 0 Å². The van der Waals surface area contributed by atoms with Gasteiger partial charge in [-0.05, 0) is 30.0 Å². The third-order valence-corrected chi connectivity index (χ3v) is 3.07. The van der Waals surface area contributed by atoms with Crippen molar-refractivity contribution in [2.45, 2.75) is 19.4 Å². The van der Waals surface area contributed by atoms with Crippen LogP contribution in [0.2, 0.25) is 0 Å². The highest BCUT2D eigenvalue weighted by Crippen LogP contribution is 2.20. The largest absolute Gasteiger partial charge is 0.395 e. The quantitative estimate of drug-likeness (QED) is 0.903. The number of hydrogen-bond donors (Lipinski definition) is 2. The molecule has 0 aliphatic rings. The Balaban J connectivity index is 0.00000180. The van der Waals surface area contributed by atoms with Crippen LogP contribution in [-0.2, 0) is 6.42 Å². The molecule has 0 aromatic heterocycles. The molecule has 2 rings (SSSR count). The van der Waals surface area contributed by atoms with Crippen LogP contribution in [0.25, 0.3) is 11.1 Å². The summed E-state index contributed by atoms with van der Waals surface area (Å²) in [4.78, 5) is 0. The molecule has 2 nitrogen and oxygen atoms in total. The highest BCUT2D eigenvalue weighted by atomic mass is 35.5. The summed E-state index contributed by atoms with van der Waals surface area (Å²) < 4.78 is 0. The summed E-state index contributed by atoms with van der Waals surface area (Å²) in [5.74, 6) is 0. The minimum absolute atomic E-state index is 0. The smallest absolute Gasteiger partial charge is 0.0585 e. The Kier molecular flexibility index (Phi) is 6.03. The van der Waals surface area contributed by atoms with E-state index in [-0.39, 0.29) is 25.1 Å². The van der Waals surface area contributed by atoms with Crippen molar-refractivity contribution in [1.29, 1.82) is 0 Å². The van der Waals surface area contributed by atoms with Crippen molar-refractivity contribution in [3.63, 3.8) is 0 Å². The lowest BCUT2D eigenvalue weighted by Gasteiger charge is -2.09. The van der Waals surface area contributed by atoms with E-state index in [0.717, 1.165) is 5.56 Å². The van der Waals surface area contributed by atoms with E-state index in [1.807, 2.05) is 0 Å². The second kappa shape index (κ2) is 7.29. The van der Waals surface area contributed by atoms with E-state index < -0.39 is 0 Å². The summed E-state index contributed by atoms with van der Waals surface area (Å²) in [7, 11) is 0. The predicted molar refractivity (Wildman–Crippen MR) is 82.6 cm³/mol. The van der Waals surface area contributed by atoms with Gasteiger partial charge in [0.15, 0.2) is 0 Å². The molecule has 0 heterocycles. The average Bonchev–Trinajstić information content (AvgIpc) is 2.40. The second-order valence-corrected chi connectivity index (χ2v) is 4.71. The molecule has 0 bridgehead atoms. The molecule has 0 aliphatic carbocycles. The van der Waals surface area contributed by atoms with Crippen LogP contribution in [0.15, 0.2) is 48.5 Å². The van der Waals surface area contributed by atoms with Crippen molar-refractivity contribution < 1.29 is 5.11 Å². The van der Waals surface area contributed by atoms with Gasteiger partial charge in [-0.15, -0.1) is 12.4 Å². The Morgan fingerprint density at radius 1 is 0.947 bits per heavy atom. The fourth-order valence-electron chi connectivity index (χ4n) is 1.95. The molecule has 1 unspecified atom stereocenters. The molecule has 102 valence electrons. The van der Waals surface area contributed by atoms with E-state index in [9.17, 15) is 0 Å². The molecular formula is C16H20ClNO. The van der Waals surface area contributed by atoms with E-state index in [4.69, 9.17) is 10.8 Å². The van der Waals surface area contributed by atoms with Crippen LogP contribution < -0.4 is 5.73 Å². The number of nitrogens with two attached hydrogens (primary N) is 1. The molecule has 2 aromatic carbocycles. The number of aliphatic hydroxyl groups excluding tert-OH is 1. The third kappa shape index (κ3) is 4.35. The number of halogens is 1. The first-order valence-corrected chi connectivity index (χ1v) is 6.21. The van der Waals surface area contributed by atoms with Crippen LogP contribution >= 0.6 is 12.4 Å². The monoisotopic (exact) mass is 277 g/mol. The number of rotatable bonds is 4. The van der Waals surface area contributed by atoms with Gasteiger partial charge in [0.05, 0.1) is 6.61 Å². The van der Waals surface area contributed by atoms with E-state index in [1.165, 1.54) is 16.7 Å². The van der Waals surface area contributed by atoms with Crippen molar-refractivity contribution in [2.24, 2.45) is 5.73 Å². The molecule has 0 aliphatic heterocycles. The maximum absolute atomic E-state index is 8.93. The SMILES string of the molecule is Cc1ccc(-c2ccc(CC(N)CO)cc2)cc1.Cl. The average molecular weight is 278 g/mol. The highest BCUT2D eigenvalue weighted by Gasteiger charge is 2.03. The molecule has 0 fully saturated rings. The zero-order chi connectivity index (χ0) is 13.0. The molecule has 0 amide bonds. The van der Waals surface area contributed by atoms with Crippen molar-refractivity contribution in [2.75, 3.05) is 6.61 Å². The Labute approximate surface area is 120 Å². The van der Waals surface area contributed by atoms with Gasteiger partial charge in [0, 0.05) is 6.04 Å². The van der Waals surface area contributed by atoms with Gasteiger partial charge in [0.2, 0.25) is 0 Å². The molecule has 0 radical (unpaired) electrons. The van der Waals surface area contributed by atoms with Gasteiger partial charge in [-0.2, -0.15) is 0 Å². The molecule has 0 spiro atoms. The first-order chi connectivity index (χ1) is 8.69. The standard InChI is InChI=1S/C16H19NO.ClH/c1-12-2-6-14(7-3-12)15-8-4-13(5-9-15)10-16(17)11-18;/h2-9,16,18H,10-11,17H2,1H3;1H. The minimum Gasteiger partial charge on any atom is -0.395 e. The topological polar surface area (TPSA) is 46.2 Å². The summed E-state index contributed by atoms with van der Waals surface area (Å²) in [5.41, 5.74) is 10.6. The molecule has 0 saturated heterocycles. The lowest BCUT2D eigenvalue weighted by Crippen LogP contribution is -2.26. The molecule has 0 saturated carbocycles. The summed E-state index contributed by atoms with van der Waals surface area (Å²) in [5, 5.41) is 8.93. The molecule has 19 heavy (non-hydrogen) atoms. The first kappa shape index (κ1) is 15.7. The summed E-state index contributed by atoms with van der Waals surface area (Å²) in [6.07, 6.45) is 0.713. The van der Waals surface area contributed by atoms with Gasteiger partial charge in [0.25, 0.3) is 0 Å². The maximum Gasteiger partial charge on any atom is 0.0585 e. The van der Waals surface area contributed by atoms with Crippen LogP contribution in [-0.4, -0.2) is 17.8 Å². The predicted octanol–water partition coefficient (Wildman–Crippen LogP) is 2.95. The molecular weight excluding hydrogens is 258 g/mol. The Morgan fingerprint density at radius 3 is 1.89 bits per heavy atom. The van der Waals surface area contributed by atoms with Crippen molar-refractivity contribution in [1.82, 2.24) is 0 Å². The minimum atomic E-state index is -0.171. The van der Waals surface area contributed by atoms with Gasteiger partial charge < -0.3 is 10.8 Å². The number of aryl methyl sites for hydroxylation is 1. The van der Waals surface area contributed by atoms with E-state index in [2.05, 4.69) is 55.5 Å². The lowest BCUT2D eigenvalue weighted by atomic mass is 10.0. The van der Waals surface area contributed by atoms with E-state index in [0.29, 0.717) is 6.42 Å². The maximum atomic E-state index is 8.93. The number of aliphatic hydroxyl groups is 1. The van der Waals surface area contributed by atoms with Crippen LogP contribution in [0.3, 0.4) is 0 Å². The van der Waals surface area contributed by atoms with Crippen molar-refractivity contribution in [3.8, 4) is 11.1 Å². The van der Waals surface area contributed by atoms with Gasteiger partial charge >= 0.3 is 0 Å². The Bertz CT molecular complexity index is 493. The van der Waals surface area contributed by atoms with Crippen LogP contribution in [0.1, 0.15) is 11.1 Å². The molecule has 3 heteroatoms. The van der Waals surface area contributed by atoms with Gasteiger partial charge in [-0.1, -0.05) is 54.1 Å². The Hall–Kier alpha value is -1.35. The van der Waals surface area contributed by atoms with Crippen molar-refractivity contribution >= 4 is 12.4 Å². The summed E-state index contributed by atoms with van der Waals surface area (Å²) >= 11 is 0.